The molecule has 24 heavy (non-hydrogen) atoms. The van der Waals surface area contributed by atoms with Crippen molar-refractivity contribution >= 4 is 17.2 Å². The molecule has 0 atom stereocenters. The van der Waals surface area contributed by atoms with Crippen molar-refractivity contribution in [3.63, 3.8) is 0 Å². The molecule has 0 saturated carbocycles. The number of hydrogen-bond donors (Lipinski definition) is 1. The summed E-state index contributed by atoms with van der Waals surface area (Å²) in [5, 5.41) is 5.62. The fourth-order valence-electron chi connectivity index (χ4n) is 2.28. The second-order valence-corrected chi connectivity index (χ2v) is 6.26. The van der Waals surface area contributed by atoms with E-state index in [4.69, 9.17) is 4.74 Å². The maximum atomic E-state index is 12.2. The summed E-state index contributed by atoms with van der Waals surface area (Å²) in [6.07, 6.45) is 0.709. The van der Waals surface area contributed by atoms with E-state index in [1.54, 1.807) is 12.5 Å². The summed E-state index contributed by atoms with van der Waals surface area (Å²) in [5.74, 6) is 0.690. The van der Waals surface area contributed by atoms with Gasteiger partial charge in [0.1, 0.15) is 11.4 Å². The van der Waals surface area contributed by atoms with Crippen LogP contribution in [-0.4, -0.2) is 18.0 Å². The smallest absolute Gasteiger partial charge is 0.271 e. The number of carbonyl (C=O) groups excluding carboxylic acids is 1. The van der Waals surface area contributed by atoms with E-state index >= 15 is 0 Å². The number of amides is 1. The molecule has 4 nitrogen and oxygen atoms in total. The van der Waals surface area contributed by atoms with Gasteiger partial charge in [-0.05, 0) is 23.3 Å². The summed E-state index contributed by atoms with van der Waals surface area (Å²) in [6, 6.07) is 17.7. The summed E-state index contributed by atoms with van der Waals surface area (Å²) in [4.78, 5) is 16.6. The van der Waals surface area contributed by atoms with Crippen LogP contribution in [0, 0.1) is 0 Å². The maximum Gasteiger partial charge on any atom is 0.271 e. The van der Waals surface area contributed by atoms with Crippen LogP contribution in [0.2, 0.25) is 0 Å². The van der Waals surface area contributed by atoms with E-state index in [0.717, 1.165) is 21.9 Å². The molecule has 0 saturated heterocycles. The van der Waals surface area contributed by atoms with Gasteiger partial charge in [-0.1, -0.05) is 42.5 Å². The number of ether oxygens (including phenoxy) is 1. The summed E-state index contributed by atoms with van der Waals surface area (Å²) >= 11 is 1.50. The van der Waals surface area contributed by atoms with Crippen LogP contribution >= 0.6 is 11.3 Å². The van der Waals surface area contributed by atoms with Gasteiger partial charge < -0.3 is 10.1 Å². The zero-order valence-electron chi connectivity index (χ0n) is 13.4. The van der Waals surface area contributed by atoms with Gasteiger partial charge in [0, 0.05) is 18.3 Å². The molecule has 0 aliphatic carbocycles. The van der Waals surface area contributed by atoms with Gasteiger partial charge in [-0.25, -0.2) is 4.98 Å². The Morgan fingerprint density at radius 1 is 1.08 bits per heavy atom. The number of carbonyl (C=O) groups is 1. The number of hydrogen-bond acceptors (Lipinski definition) is 4. The molecule has 0 unspecified atom stereocenters. The third-order valence-electron chi connectivity index (χ3n) is 3.59. The summed E-state index contributed by atoms with van der Waals surface area (Å²) in [7, 11) is 1.65. The highest BCUT2D eigenvalue weighted by molar-refractivity contribution is 7.09. The standard InChI is InChI=1S/C19H18N2O2S/c1-23-16-9-7-14(8-10-16)11-18-21-17(13-24-18)19(22)20-12-15-5-3-2-4-6-15/h2-10,13H,11-12H2,1H3,(H,20,22). The van der Waals surface area contributed by atoms with E-state index in [2.05, 4.69) is 10.3 Å². The van der Waals surface area contributed by atoms with Crippen LogP contribution < -0.4 is 10.1 Å². The monoisotopic (exact) mass is 338 g/mol. The molecule has 2 aromatic carbocycles. The van der Waals surface area contributed by atoms with Crippen LogP contribution in [0.5, 0.6) is 5.75 Å². The van der Waals surface area contributed by atoms with Gasteiger partial charge in [-0.2, -0.15) is 0 Å². The molecule has 0 bridgehead atoms. The van der Waals surface area contributed by atoms with Crippen molar-refractivity contribution in [2.75, 3.05) is 7.11 Å². The Morgan fingerprint density at radius 3 is 2.54 bits per heavy atom. The molecule has 0 aliphatic heterocycles. The lowest BCUT2D eigenvalue weighted by Crippen LogP contribution is -2.23. The van der Waals surface area contributed by atoms with Gasteiger partial charge in [0.25, 0.3) is 5.91 Å². The van der Waals surface area contributed by atoms with E-state index in [0.29, 0.717) is 18.7 Å². The number of aromatic nitrogens is 1. The molecule has 122 valence electrons. The van der Waals surface area contributed by atoms with Crippen molar-refractivity contribution in [2.24, 2.45) is 0 Å². The lowest BCUT2D eigenvalue weighted by atomic mass is 10.1. The van der Waals surface area contributed by atoms with Crippen LogP contribution in [0.25, 0.3) is 0 Å². The highest BCUT2D eigenvalue weighted by Crippen LogP contribution is 2.17. The van der Waals surface area contributed by atoms with E-state index in [1.165, 1.54) is 11.3 Å². The fourth-order valence-corrected chi connectivity index (χ4v) is 3.09. The molecule has 1 amide bonds. The normalized spacial score (nSPS) is 10.4. The summed E-state index contributed by atoms with van der Waals surface area (Å²) in [5.41, 5.74) is 2.68. The molecule has 1 heterocycles. The number of nitrogens with zero attached hydrogens (tertiary/aromatic N) is 1. The first-order chi connectivity index (χ1) is 11.7. The molecule has 0 fully saturated rings. The number of nitrogens with one attached hydrogen (secondary N) is 1. The Kier molecular flexibility index (Phi) is 5.23. The van der Waals surface area contributed by atoms with Gasteiger partial charge in [-0.3, -0.25) is 4.79 Å². The molecule has 3 rings (SSSR count). The topological polar surface area (TPSA) is 51.2 Å². The van der Waals surface area contributed by atoms with Crippen LogP contribution in [0.3, 0.4) is 0 Å². The van der Waals surface area contributed by atoms with E-state index < -0.39 is 0 Å². The van der Waals surface area contributed by atoms with Crippen LogP contribution in [0.15, 0.2) is 60.0 Å². The lowest BCUT2D eigenvalue weighted by Gasteiger charge is -2.03. The third-order valence-corrected chi connectivity index (χ3v) is 4.44. The van der Waals surface area contributed by atoms with Crippen molar-refractivity contribution in [1.82, 2.24) is 10.3 Å². The quantitative estimate of drug-likeness (QED) is 0.746. The molecule has 5 heteroatoms. The van der Waals surface area contributed by atoms with Crippen LogP contribution in [0.1, 0.15) is 26.6 Å². The number of rotatable bonds is 6. The van der Waals surface area contributed by atoms with Crippen molar-refractivity contribution in [2.45, 2.75) is 13.0 Å². The highest BCUT2D eigenvalue weighted by atomic mass is 32.1. The maximum absolute atomic E-state index is 12.2. The van der Waals surface area contributed by atoms with Crippen molar-refractivity contribution in [1.29, 1.82) is 0 Å². The lowest BCUT2D eigenvalue weighted by molar-refractivity contribution is 0.0946. The minimum atomic E-state index is -0.143. The highest BCUT2D eigenvalue weighted by Gasteiger charge is 2.11. The molecule has 1 N–H and O–H groups in total. The Morgan fingerprint density at radius 2 is 1.83 bits per heavy atom. The number of benzene rings is 2. The average Bonchev–Trinajstić information content (AvgIpc) is 3.10. The van der Waals surface area contributed by atoms with Gasteiger partial charge in [0.15, 0.2) is 0 Å². The molecule has 0 aliphatic rings. The fraction of sp³-hybridized carbons (Fsp3) is 0.158. The van der Waals surface area contributed by atoms with Gasteiger partial charge >= 0.3 is 0 Å². The molecular weight excluding hydrogens is 320 g/mol. The largest absolute Gasteiger partial charge is 0.497 e. The first-order valence-corrected chi connectivity index (χ1v) is 8.52. The van der Waals surface area contributed by atoms with Crippen LogP contribution in [-0.2, 0) is 13.0 Å². The van der Waals surface area contributed by atoms with Gasteiger partial charge in [0.2, 0.25) is 0 Å². The molecule has 0 radical (unpaired) electrons. The second-order valence-electron chi connectivity index (χ2n) is 5.32. The average molecular weight is 338 g/mol. The Labute approximate surface area is 145 Å². The second kappa shape index (κ2) is 7.75. The Hall–Kier alpha value is -2.66. The SMILES string of the molecule is COc1ccc(Cc2nc(C(=O)NCc3ccccc3)cs2)cc1. The third kappa shape index (κ3) is 4.20. The zero-order valence-corrected chi connectivity index (χ0v) is 14.2. The van der Waals surface area contributed by atoms with E-state index in [-0.39, 0.29) is 5.91 Å². The number of methoxy groups -OCH3 is 1. The van der Waals surface area contributed by atoms with E-state index in [9.17, 15) is 4.79 Å². The molecule has 1 aromatic heterocycles. The number of thiazole rings is 1. The Bertz CT molecular complexity index is 798. The Balaban J connectivity index is 1.58. The zero-order chi connectivity index (χ0) is 16.8. The summed E-state index contributed by atoms with van der Waals surface area (Å²) < 4.78 is 5.15. The first kappa shape index (κ1) is 16.2. The van der Waals surface area contributed by atoms with Gasteiger partial charge in [0.05, 0.1) is 12.1 Å². The first-order valence-electron chi connectivity index (χ1n) is 7.64. The minimum Gasteiger partial charge on any atom is -0.497 e. The molecular formula is C19H18N2O2S. The molecule has 3 aromatic rings. The predicted octanol–water partition coefficient (Wildman–Crippen LogP) is 3.67. The summed E-state index contributed by atoms with van der Waals surface area (Å²) in [6.45, 7) is 0.505. The van der Waals surface area contributed by atoms with Crippen molar-refractivity contribution in [3.05, 3.63) is 81.8 Å². The van der Waals surface area contributed by atoms with Gasteiger partial charge in [-0.15, -0.1) is 11.3 Å². The van der Waals surface area contributed by atoms with Crippen molar-refractivity contribution < 1.29 is 9.53 Å². The minimum absolute atomic E-state index is 0.143. The predicted molar refractivity (Wildman–Crippen MR) is 95.5 cm³/mol. The molecule has 0 spiro atoms. The van der Waals surface area contributed by atoms with Crippen LogP contribution in [0.4, 0.5) is 0 Å². The van der Waals surface area contributed by atoms with E-state index in [1.807, 2.05) is 54.6 Å². The van der Waals surface area contributed by atoms with Crippen molar-refractivity contribution in [3.8, 4) is 5.75 Å².